The minimum Gasteiger partial charge on any atom is -0.481 e. The number of hydrogen-bond donors (Lipinski definition) is 2. The van der Waals surface area contributed by atoms with Crippen LogP contribution in [0.4, 0.5) is 4.79 Å². The summed E-state index contributed by atoms with van der Waals surface area (Å²) in [6.07, 6.45) is 3.05. The molecule has 14 heavy (non-hydrogen) atoms. The average molecular weight is 204 g/mol. The number of aliphatic carboxylic acids is 1. The Morgan fingerprint density at radius 2 is 1.50 bits per heavy atom. The van der Waals surface area contributed by atoms with Gasteiger partial charge < -0.3 is 14.9 Å². The summed E-state index contributed by atoms with van der Waals surface area (Å²) in [6, 6.07) is 0. The third-order valence-corrected chi connectivity index (χ3v) is 1.76. The molecule has 0 heterocycles. The molecule has 0 aliphatic heterocycles. The lowest BCUT2D eigenvalue weighted by atomic mass is 10.1. The van der Waals surface area contributed by atoms with Crippen molar-refractivity contribution >= 4 is 12.1 Å². The molecule has 0 aliphatic rings. The number of carbonyl (C=O) groups is 2. The first kappa shape index (κ1) is 12.7. The lowest BCUT2D eigenvalue weighted by molar-refractivity contribution is -0.137. The van der Waals surface area contributed by atoms with Gasteiger partial charge in [0.2, 0.25) is 0 Å². The molecule has 0 aromatic heterocycles. The van der Waals surface area contributed by atoms with Crippen molar-refractivity contribution in [2.75, 3.05) is 6.61 Å². The molecule has 0 saturated heterocycles. The normalized spacial score (nSPS) is 9.71. The van der Waals surface area contributed by atoms with E-state index in [0.717, 1.165) is 19.3 Å². The van der Waals surface area contributed by atoms with Crippen LogP contribution in [0.15, 0.2) is 0 Å². The van der Waals surface area contributed by atoms with Gasteiger partial charge in [0.1, 0.15) is 0 Å². The van der Waals surface area contributed by atoms with Gasteiger partial charge in [0, 0.05) is 6.42 Å². The van der Waals surface area contributed by atoms with E-state index in [-0.39, 0.29) is 13.0 Å². The average Bonchev–Trinajstić information content (AvgIpc) is 2.08. The summed E-state index contributed by atoms with van der Waals surface area (Å²) < 4.78 is 4.31. The van der Waals surface area contributed by atoms with Gasteiger partial charge in [-0.3, -0.25) is 4.79 Å². The first-order valence-corrected chi connectivity index (χ1v) is 4.70. The minimum atomic E-state index is -1.24. The zero-order valence-electron chi connectivity index (χ0n) is 8.07. The Kier molecular flexibility index (Phi) is 7.59. The Bertz CT molecular complexity index is 158. The van der Waals surface area contributed by atoms with Crippen molar-refractivity contribution in [2.45, 2.75) is 38.5 Å². The van der Waals surface area contributed by atoms with Crippen LogP contribution in [0.1, 0.15) is 38.5 Å². The van der Waals surface area contributed by atoms with E-state index >= 15 is 0 Å². The van der Waals surface area contributed by atoms with Crippen LogP contribution in [-0.4, -0.2) is 28.9 Å². The lowest BCUT2D eigenvalue weighted by Crippen LogP contribution is -2.01. The molecule has 5 nitrogen and oxygen atoms in total. The molecule has 0 aromatic rings. The number of rotatable bonds is 8. The maximum Gasteiger partial charge on any atom is 0.505 e. The highest BCUT2D eigenvalue weighted by Crippen LogP contribution is 2.05. The Hall–Kier alpha value is -1.26. The minimum absolute atomic E-state index is 0.214. The Balaban J connectivity index is 2.99. The fourth-order valence-corrected chi connectivity index (χ4v) is 1.07. The number of hydrogen-bond acceptors (Lipinski definition) is 3. The van der Waals surface area contributed by atoms with E-state index in [2.05, 4.69) is 4.74 Å². The molecule has 0 spiro atoms. The highest BCUT2D eigenvalue weighted by atomic mass is 16.7. The number of carboxylic acids is 1. The molecule has 0 radical (unpaired) electrons. The van der Waals surface area contributed by atoms with E-state index in [9.17, 15) is 9.59 Å². The molecule has 82 valence electrons. The topological polar surface area (TPSA) is 83.8 Å². The van der Waals surface area contributed by atoms with Gasteiger partial charge in [0.15, 0.2) is 0 Å². The molecule has 0 fully saturated rings. The van der Waals surface area contributed by atoms with Crippen LogP contribution in [-0.2, 0) is 9.53 Å². The van der Waals surface area contributed by atoms with Crippen molar-refractivity contribution in [3.05, 3.63) is 0 Å². The maximum absolute atomic E-state index is 10.1. The van der Waals surface area contributed by atoms with Gasteiger partial charge in [-0.05, 0) is 12.8 Å². The van der Waals surface area contributed by atoms with Crippen LogP contribution in [0.2, 0.25) is 0 Å². The van der Waals surface area contributed by atoms with Gasteiger partial charge in [0.25, 0.3) is 0 Å². The zero-order chi connectivity index (χ0) is 10.8. The zero-order valence-corrected chi connectivity index (χ0v) is 8.07. The molecule has 0 unspecified atom stereocenters. The highest BCUT2D eigenvalue weighted by molar-refractivity contribution is 5.66. The number of unbranched alkanes of at least 4 members (excludes halogenated alkanes) is 4. The first-order chi connectivity index (χ1) is 6.63. The summed E-state index contributed by atoms with van der Waals surface area (Å²) >= 11 is 0. The van der Waals surface area contributed by atoms with Crippen molar-refractivity contribution in [3.63, 3.8) is 0 Å². The van der Waals surface area contributed by atoms with E-state index in [1.165, 1.54) is 0 Å². The second-order valence-corrected chi connectivity index (χ2v) is 3.03. The fourth-order valence-electron chi connectivity index (χ4n) is 1.07. The van der Waals surface area contributed by atoms with Crippen molar-refractivity contribution in [3.8, 4) is 0 Å². The molecule has 0 aromatic carbocycles. The van der Waals surface area contributed by atoms with E-state index in [4.69, 9.17) is 10.2 Å². The third-order valence-electron chi connectivity index (χ3n) is 1.76. The summed E-state index contributed by atoms with van der Waals surface area (Å²) in [5.41, 5.74) is 0. The van der Waals surface area contributed by atoms with Crippen molar-refractivity contribution in [1.29, 1.82) is 0 Å². The molecule has 2 N–H and O–H groups in total. The van der Waals surface area contributed by atoms with E-state index in [1.54, 1.807) is 0 Å². The monoisotopic (exact) mass is 204 g/mol. The van der Waals surface area contributed by atoms with Crippen LogP contribution in [0.25, 0.3) is 0 Å². The smallest absolute Gasteiger partial charge is 0.481 e. The van der Waals surface area contributed by atoms with Crippen LogP contribution in [0, 0.1) is 0 Å². The predicted octanol–water partition coefficient (Wildman–Crippen LogP) is 2.11. The van der Waals surface area contributed by atoms with Gasteiger partial charge in [-0.15, -0.1) is 0 Å². The molecule has 0 aliphatic carbocycles. The summed E-state index contributed by atoms with van der Waals surface area (Å²) in [7, 11) is 0. The summed E-state index contributed by atoms with van der Waals surface area (Å²) in [5.74, 6) is -0.765. The maximum atomic E-state index is 10.1. The first-order valence-electron chi connectivity index (χ1n) is 4.70. The number of carboxylic acid groups (broad SMARTS) is 2. The standard InChI is InChI=1S/C9H16O5/c10-8(11)6-4-2-1-3-5-7-14-9(12)13/h1-7H2,(H,10,11)(H,12,13). The molecule has 0 rings (SSSR count). The van der Waals surface area contributed by atoms with Gasteiger partial charge in [0.05, 0.1) is 6.61 Å². The van der Waals surface area contributed by atoms with E-state index < -0.39 is 12.1 Å². The third kappa shape index (κ3) is 10.7. The molecule has 0 amide bonds. The quantitative estimate of drug-likeness (QED) is 0.467. The Morgan fingerprint density at radius 3 is 2.07 bits per heavy atom. The van der Waals surface area contributed by atoms with Gasteiger partial charge in [-0.25, -0.2) is 4.79 Å². The van der Waals surface area contributed by atoms with E-state index in [0.29, 0.717) is 12.8 Å². The van der Waals surface area contributed by atoms with Crippen LogP contribution >= 0.6 is 0 Å². The summed E-state index contributed by atoms with van der Waals surface area (Å²) in [5, 5.41) is 16.5. The molecular weight excluding hydrogens is 188 g/mol. The molecular formula is C9H16O5. The Labute approximate surface area is 82.7 Å². The lowest BCUT2D eigenvalue weighted by Gasteiger charge is -2.00. The van der Waals surface area contributed by atoms with Crippen molar-refractivity contribution in [2.24, 2.45) is 0 Å². The van der Waals surface area contributed by atoms with Gasteiger partial charge in [-0.1, -0.05) is 19.3 Å². The van der Waals surface area contributed by atoms with Crippen LogP contribution < -0.4 is 0 Å². The van der Waals surface area contributed by atoms with Gasteiger partial charge >= 0.3 is 12.1 Å². The largest absolute Gasteiger partial charge is 0.505 e. The molecule has 0 atom stereocenters. The van der Waals surface area contributed by atoms with Gasteiger partial charge in [-0.2, -0.15) is 0 Å². The predicted molar refractivity (Wildman–Crippen MR) is 49.3 cm³/mol. The second-order valence-electron chi connectivity index (χ2n) is 3.03. The van der Waals surface area contributed by atoms with Crippen molar-refractivity contribution in [1.82, 2.24) is 0 Å². The molecule has 0 bridgehead atoms. The molecule has 5 heteroatoms. The summed E-state index contributed by atoms with van der Waals surface area (Å²) in [4.78, 5) is 20.0. The van der Waals surface area contributed by atoms with Crippen LogP contribution in [0.5, 0.6) is 0 Å². The van der Waals surface area contributed by atoms with Crippen molar-refractivity contribution < 1.29 is 24.5 Å². The van der Waals surface area contributed by atoms with Crippen LogP contribution in [0.3, 0.4) is 0 Å². The van der Waals surface area contributed by atoms with E-state index in [1.807, 2.05) is 0 Å². The second kappa shape index (κ2) is 8.34. The fraction of sp³-hybridized carbons (Fsp3) is 0.778. The highest BCUT2D eigenvalue weighted by Gasteiger charge is 1.97. The Morgan fingerprint density at radius 1 is 0.929 bits per heavy atom. The SMILES string of the molecule is O=C(O)CCCCCCCOC(=O)O. The number of ether oxygens (including phenoxy) is 1. The summed E-state index contributed by atoms with van der Waals surface area (Å²) in [6.45, 7) is 0.230. The molecule has 0 saturated carbocycles.